The lowest BCUT2D eigenvalue weighted by Crippen LogP contribution is -2.47. The number of aliphatic hydroxyl groups is 1. The molecule has 1 amide bonds. The maximum atomic E-state index is 15.1. The summed E-state index contributed by atoms with van der Waals surface area (Å²) in [6.45, 7) is 0.790. The lowest BCUT2D eigenvalue weighted by molar-refractivity contribution is 0.0426. The normalized spacial score (nSPS) is 15.9. The first-order valence-electron chi connectivity index (χ1n) is 15.1. The highest BCUT2D eigenvalue weighted by Crippen LogP contribution is 2.36. The Morgan fingerprint density at radius 3 is 2.20 bits per heavy atom. The number of hydrogen-bond donors (Lipinski definition) is 1. The number of aliphatic hydroxyl groups excluding tert-OH is 1. The molecular formula is C37H34FN3O4. The second kappa shape index (κ2) is 13.7. The monoisotopic (exact) mass is 603 g/mol. The molecule has 1 N–H and O–H groups in total. The number of nitrogens with zero attached hydrogens (tertiary/aromatic N) is 3. The molecular weight excluding hydrogens is 569 g/mol. The minimum Gasteiger partial charge on any atom is -0.483 e. The molecule has 1 aliphatic rings. The van der Waals surface area contributed by atoms with Crippen molar-refractivity contribution in [2.24, 2.45) is 0 Å². The molecule has 1 aromatic heterocycles. The fraction of sp³-hybridized carbons (Fsp3) is 0.216. The smallest absolute Gasteiger partial charge is 0.278 e. The first kappa shape index (κ1) is 30.0. The number of amides is 1. The van der Waals surface area contributed by atoms with Crippen molar-refractivity contribution in [1.29, 1.82) is 0 Å². The van der Waals surface area contributed by atoms with E-state index in [1.807, 2.05) is 91.0 Å². The minimum absolute atomic E-state index is 0.0120. The van der Waals surface area contributed by atoms with E-state index < -0.39 is 35.2 Å². The molecule has 4 aromatic carbocycles. The highest BCUT2D eigenvalue weighted by molar-refractivity contribution is 5.93. The van der Waals surface area contributed by atoms with Crippen molar-refractivity contribution in [2.45, 2.75) is 44.1 Å². The van der Waals surface area contributed by atoms with Gasteiger partial charge in [-0.15, -0.1) is 0 Å². The maximum Gasteiger partial charge on any atom is 0.278 e. The van der Waals surface area contributed by atoms with Gasteiger partial charge in [-0.1, -0.05) is 109 Å². The predicted octanol–water partition coefficient (Wildman–Crippen LogP) is 5.81. The van der Waals surface area contributed by atoms with Crippen molar-refractivity contribution >= 4 is 5.91 Å². The standard InChI is InChI=1S/C37H34FN3O4/c38-30-20-11-10-19-29(30)33(28-17-8-3-9-18-28)35(42)31-21-12-22-41(31)37(44)34-36(43)32(45-25-27-15-6-2-7-16-27)24-40(39-34)23-26-13-4-1-5-14-26/h1-11,13-20,24,31,33,35,42H,12,21-23,25H2/t31?,33-,35-/m0/s1. The lowest BCUT2D eigenvalue weighted by atomic mass is 9.82. The second-order valence-corrected chi connectivity index (χ2v) is 11.2. The summed E-state index contributed by atoms with van der Waals surface area (Å²) in [5, 5.41) is 16.4. The van der Waals surface area contributed by atoms with Crippen LogP contribution in [-0.2, 0) is 13.2 Å². The van der Waals surface area contributed by atoms with Crippen molar-refractivity contribution in [3.05, 3.63) is 165 Å². The molecule has 1 saturated heterocycles. The van der Waals surface area contributed by atoms with E-state index in [9.17, 15) is 14.7 Å². The predicted molar refractivity (Wildman–Crippen MR) is 170 cm³/mol. The van der Waals surface area contributed by atoms with Crippen LogP contribution in [-0.4, -0.2) is 44.4 Å². The van der Waals surface area contributed by atoms with Crippen molar-refractivity contribution in [3.63, 3.8) is 0 Å². The first-order chi connectivity index (χ1) is 22.0. The van der Waals surface area contributed by atoms with Crippen LogP contribution in [0.25, 0.3) is 0 Å². The van der Waals surface area contributed by atoms with E-state index in [4.69, 9.17) is 4.74 Å². The molecule has 0 aliphatic carbocycles. The van der Waals surface area contributed by atoms with Crippen molar-refractivity contribution in [1.82, 2.24) is 14.7 Å². The maximum absolute atomic E-state index is 15.1. The molecule has 1 aliphatic heterocycles. The van der Waals surface area contributed by atoms with E-state index in [1.54, 1.807) is 18.2 Å². The number of aromatic nitrogens is 2. The average Bonchev–Trinajstić information content (AvgIpc) is 3.57. The van der Waals surface area contributed by atoms with Crippen LogP contribution in [0.4, 0.5) is 4.39 Å². The number of carbonyl (C=O) groups is 1. The fourth-order valence-corrected chi connectivity index (χ4v) is 6.05. The third-order valence-electron chi connectivity index (χ3n) is 8.26. The lowest BCUT2D eigenvalue weighted by Gasteiger charge is -2.34. The quantitative estimate of drug-likeness (QED) is 0.218. The van der Waals surface area contributed by atoms with Crippen molar-refractivity contribution in [3.8, 4) is 5.75 Å². The summed E-state index contributed by atoms with van der Waals surface area (Å²) < 4.78 is 22.7. The van der Waals surface area contributed by atoms with Crippen LogP contribution in [0.1, 0.15) is 51.5 Å². The molecule has 3 atom stereocenters. The zero-order valence-corrected chi connectivity index (χ0v) is 24.7. The molecule has 45 heavy (non-hydrogen) atoms. The number of hydrogen-bond acceptors (Lipinski definition) is 5. The molecule has 0 spiro atoms. The van der Waals surface area contributed by atoms with Gasteiger partial charge in [0, 0.05) is 12.5 Å². The van der Waals surface area contributed by atoms with Gasteiger partial charge in [0.25, 0.3) is 11.3 Å². The van der Waals surface area contributed by atoms with Gasteiger partial charge in [-0.25, -0.2) is 4.39 Å². The summed E-state index contributed by atoms with van der Waals surface area (Å²) in [5.41, 5.74) is 1.99. The molecule has 7 nitrogen and oxygen atoms in total. The van der Waals surface area contributed by atoms with Gasteiger partial charge in [0.2, 0.25) is 0 Å². The second-order valence-electron chi connectivity index (χ2n) is 11.2. The van der Waals surface area contributed by atoms with Gasteiger partial charge < -0.3 is 14.7 Å². The average molecular weight is 604 g/mol. The van der Waals surface area contributed by atoms with Gasteiger partial charge in [-0.05, 0) is 41.2 Å². The minimum atomic E-state index is -1.14. The number of likely N-dealkylation sites (tertiary alicyclic amines) is 1. The molecule has 5 aromatic rings. The van der Waals surface area contributed by atoms with E-state index >= 15 is 4.39 Å². The molecule has 8 heteroatoms. The highest BCUT2D eigenvalue weighted by atomic mass is 19.1. The molecule has 0 radical (unpaired) electrons. The van der Waals surface area contributed by atoms with Crippen molar-refractivity contribution in [2.75, 3.05) is 6.54 Å². The Balaban J connectivity index is 1.34. The third kappa shape index (κ3) is 6.71. The number of benzene rings is 4. The largest absolute Gasteiger partial charge is 0.483 e. The van der Waals surface area contributed by atoms with Gasteiger partial charge >= 0.3 is 0 Å². The molecule has 228 valence electrons. The Morgan fingerprint density at radius 2 is 1.51 bits per heavy atom. The summed E-state index contributed by atoms with van der Waals surface area (Å²) in [6.07, 6.45) is 1.50. The topological polar surface area (TPSA) is 84.7 Å². The Hall–Kier alpha value is -5.08. The number of rotatable bonds is 10. The van der Waals surface area contributed by atoms with Crippen LogP contribution in [0.3, 0.4) is 0 Å². The van der Waals surface area contributed by atoms with Crippen LogP contribution >= 0.6 is 0 Å². The summed E-state index contributed by atoms with van der Waals surface area (Å²) >= 11 is 0. The van der Waals surface area contributed by atoms with Gasteiger partial charge in [0.1, 0.15) is 12.4 Å². The SMILES string of the molecule is O=C(c1nn(Cc2ccccc2)cc(OCc2ccccc2)c1=O)N1CCCC1[C@H](O)[C@@H](c1ccccc1)c1ccccc1F. The van der Waals surface area contributed by atoms with Crippen LogP contribution in [0.5, 0.6) is 5.75 Å². The van der Waals surface area contributed by atoms with E-state index in [2.05, 4.69) is 5.10 Å². The molecule has 0 bridgehead atoms. The number of carbonyl (C=O) groups excluding carboxylic acids is 1. The molecule has 1 unspecified atom stereocenters. The summed E-state index contributed by atoms with van der Waals surface area (Å²) in [4.78, 5) is 29.4. The Kier molecular flexibility index (Phi) is 9.12. The summed E-state index contributed by atoms with van der Waals surface area (Å²) in [7, 11) is 0. The van der Waals surface area contributed by atoms with E-state index in [1.165, 1.54) is 21.8 Å². The number of ether oxygens (including phenoxy) is 1. The third-order valence-corrected chi connectivity index (χ3v) is 8.26. The van der Waals surface area contributed by atoms with Gasteiger partial charge in [0.05, 0.1) is 24.9 Å². The fourth-order valence-electron chi connectivity index (χ4n) is 6.05. The highest BCUT2D eigenvalue weighted by Gasteiger charge is 2.41. The van der Waals surface area contributed by atoms with Crippen LogP contribution in [0.2, 0.25) is 0 Å². The van der Waals surface area contributed by atoms with E-state index in [0.717, 1.165) is 16.7 Å². The summed E-state index contributed by atoms with van der Waals surface area (Å²) in [5.74, 6) is -1.74. The zero-order valence-electron chi connectivity index (χ0n) is 24.7. The van der Waals surface area contributed by atoms with Crippen molar-refractivity contribution < 1.29 is 19.0 Å². The summed E-state index contributed by atoms with van der Waals surface area (Å²) in [6, 6.07) is 34.0. The van der Waals surface area contributed by atoms with Gasteiger partial charge in [0.15, 0.2) is 11.4 Å². The molecule has 0 saturated carbocycles. The Labute approximate surface area is 261 Å². The van der Waals surface area contributed by atoms with E-state index in [-0.39, 0.29) is 18.1 Å². The van der Waals surface area contributed by atoms with Gasteiger partial charge in [-0.2, -0.15) is 5.10 Å². The molecule has 2 heterocycles. The first-order valence-corrected chi connectivity index (χ1v) is 15.1. The van der Waals surface area contributed by atoms with Crippen LogP contribution < -0.4 is 10.2 Å². The van der Waals surface area contributed by atoms with Gasteiger partial charge in [-0.3, -0.25) is 14.3 Å². The Morgan fingerprint density at radius 1 is 0.889 bits per heavy atom. The molecule has 1 fully saturated rings. The Bertz CT molecular complexity index is 1800. The number of halogens is 1. The molecule has 6 rings (SSSR count). The van der Waals surface area contributed by atoms with E-state index in [0.29, 0.717) is 31.5 Å². The van der Waals surface area contributed by atoms with Crippen LogP contribution in [0, 0.1) is 5.82 Å². The zero-order chi connectivity index (χ0) is 31.2. The van der Waals surface area contributed by atoms with Crippen LogP contribution in [0.15, 0.2) is 126 Å².